The number of rotatable bonds is 4. The first kappa shape index (κ1) is 12.1. The van der Waals surface area contributed by atoms with Crippen molar-refractivity contribution in [2.45, 2.75) is 57.4 Å². The van der Waals surface area contributed by atoms with Crippen molar-refractivity contribution in [2.24, 2.45) is 11.7 Å². The van der Waals surface area contributed by atoms with Crippen molar-refractivity contribution in [1.82, 2.24) is 4.98 Å². The van der Waals surface area contributed by atoms with Gasteiger partial charge in [-0.05, 0) is 12.3 Å². The van der Waals surface area contributed by atoms with Gasteiger partial charge in [0.15, 0.2) is 0 Å². The number of nitrogens with zero attached hydrogens (tertiary/aromatic N) is 1. The van der Waals surface area contributed by atoms with Gasteiger partial charge in [0.1, 0.15) is 0 Å². The largest absolute Gasteiger partial charge is 0.327 e. The van der Waals surface area contributed by atoms with Crippen molar-refractivity contribution in [3.63, 3.8) is 0 Å². The Morgan fingerprint density at radius 1 is 1.31 bits per heavy atom. The van der Waals surface area contributed by atoms with E-state index in [1.54, 1.807) is 11.3 Å². The molecule has 1 aliphatic rings. The van der Waals surface area contributed by atoms with E-state index in [9.17, 15) is 0 Å². The summed E-state index contributed by atoms with van der Waals surface area (Å²) >= 11 is 1.73. The average molecular weight is 238 g/mol. The van der Waals surface area contributed by atoms with Gasteiger partial charge in [0, 0.05) is 24.0 Å². The Bertz CT molecular complexity index is 276. The third kappa shape index (κ3) is 3.87. The normalized spacial score (nSPS) is 20.6. The second kappa shape index (κ2) is 6.36. The molecule has 1 heterocycles. The lowest BCUT2D eigenvalue weighted by Gasteiger charge is -2.18. The summed E-state index contributed by atoms with van der Waals surface area (Å²) in [7, 11) is 0. The second-order valence-corrected chi connectivity index (χ2v) is 5.96. The molecule has 1 fully saturated rings. The third-order valence-corrected chi connectivity index (χ3v) is 4.33. The number of nitrogens with two attached hydrogens (primary N) is 1. The molecule has 1 atom stereocenters. The molecule has 1 unspecified atom stereocenters. The number of thiazole rings is 1. The van der Waals surface area contributed by atoms with E-state index in [4.69, 9.17) is 5.73 Å². The fourth-order valence-corrected chi connectivity index (χ4v) is 3.40. The Balaban J connectivity index is 1.75. The highest BCUT2D eigenvalue weighted by atomic mass is 32.1. The van der Waals surface area contributed by atoms with Gasteiger partial charge in [0.05, 0.1) is 5.01 Å². The minimum Gasteiger partial charge on any atom is -0.327 e. The Hall–Kier alpha value is -0.410. The SMILES string of the molecule is NC(Cc1nccs1)CC1CCCCCC1. The average Bonchev–Trinajstić information content (AvgIpc) is 2.62. The molecule has 0 spiro atoms. The summed E-state index contributed by atoms with van der Waals surface area (Å²) in [5, 5.41) is 3.23. The minimum absolute atomic E-state index is 0.314. The Labute approximate surface area is 102 Å². The van der Waals surface area contributed by atoms with E-state index in [1.165, 1.54) is 50.0 Å². The van der Waals surface area contributed by atoms with Crippen LogP contribution in [0.5, 0.6) is 0 Å². The van der Waals surface area contributed by atoms with E-state index >= 15 is 0 Å². The standard InChI is InChI=1S/C13H22N2S/c14-12(10-13-15-7-8-16-13)9-11-5-3-1-2-4-6-11/h7-8,11-12H,1-6,9-10,14H2. The summed E-state index contributed by atoms with van der Waals surface area (Å²) in [6.45, 7) is 0. The van der Waals surface area contributed by atoms with Gasteiger partial charge in [-0.1, -0.05) is 38.5 Å². The van der Waals surface area contributed by atoms with Crippen LogP contribution in [0, 0.1) is 5.92 Å². The smallest absolute Gasteiger partial charge is 0.0940 e. The maximum absolute atomic E-state index is 6.21. The fraction of sp³-hybridized carbons (Fsp3) is 0.769. The van der Waals surface area contributed by atoms with Gasteiger partial charge < -0.3 is 5.73 Å². The maximum atomic E-state index is 6.21. The lowest BCUT2D eigenvalue weighted by atomic mass is 9.92. The molecule has 1 saturated carbocycles. The van der Waals surface area contributed by atoms with Crippen molar-refractivity contribution < 1.29 is 0 Å². The van der Waals surface area contributed by atoms with E-state index in [0.717, 1.165) is 12.3 Å². The lowest BCUT2D eigenvalue weighted by molar-refractivity contribution is 0.387. The van der Waals surface area contributed by atoms with Crippen molar-refractivity contribution >= 4 is 11.3 Å². The molecule has 0 aromatic carbocycles. The highest BCUT2D eigenvalue weighted by Crippen LogP contribution is 2.26. The van der Waals surface area contributed by atoms with Crippen molar-refractivity contribution in [1.29, 1.82) is 0 Å². The van der Waals surface area contributed by atoms with Crippen molar-refractivity contribution in [3.8, 4) is 0 Å². The molecular formula is C13H22N2S. The van der Waals surface area contributed by atoms with Crippen LogP contribution in [0.4, 0.5) is 0 Å². The van der Waals surface area contributed by atoms with Crippen LogP contribution in [0.2, 0.25) is 0 Å². The molecule has 16 heavy (non-hydrogen) atoms. The molecule has 1 aromatic heterocycles. The number of hydrogen-bond acceptors (Lipinski definition) is 3. The maximum Gasteiger partial charge on any atom is 0.0940 e. The van der Waals surface area contributed by atoms with Gasteiger partial charge in [0.2, 0.25) is 0 Å². The molecule has 2 rings (SSSR count). The quantitative estimate of drug-likeness (QED) is 0.817. The first-order valence-electron chi connectivity index (χ1n) is 6.48. The molecule has 0 radical (unpaired) electrons. The fourth-order valence-electron chi connectivity index (χ4n) is 2.69. The first-order chi connectivity index (χ1) is 7.84. The van der Waals surface area contributed by atoms with Crippen LogP contribution in [0.1, 0.15) is 50.0 Å². The van der Waals surface area contributed by atoms with Gasteiger partial charge in [-0.25, -0.2) is 4.98 Å². The van der Waals surface area contributed by atoms with Gasteiger partial charge in [0.25, 0.3) is 0 Å². The molecule has 0 aliphatic heterocycles. The topological polar surface area (TPSA) is 38.9 Å². The molecule has 0 amide bonds. The molecule has 0 saturated heterocycles. The Morgan fingerprint density at radius 2 is 2.06 bits per heavy atom. The van der Waals surface area contributed by atoms with Crippen LogP contribution in [0.25, 0.3) is 0 Å². The van der Waals surface area contributed by atoms with E-state index in [-0.39, 0.29) is 0 Å². The zero-order valence-electron chi connectivity index (χ0n) is 9.90. The Kier molecular flexibility index (Phi) is 4.79. The van der Waals surface area contributed by atoms with Crippen LogP contribution >= 0.6 is 11.3 Å². The van der Waals surface area contributed by atoms with Gasteiger partial charge in [-0.3, -0.25) is 0 Å². The van der Waals surface area contributed by atoms with Gasteiger partial charge in [-0.2, -0.15) is 0 Å². The summed E-state index contributed by atoms with van der Waals surface area (Å²) in [6, 6.07) is 0.314. The Morgan fingerprint density at radius 3 is 2.69 bits per heavy atom. The van der Waals surface area contributed by atoms with Crippen LogP contribution in [-0.2, 0) is 6.42 Å². The van der Waals surface area contributed by atoms with E-state index in [0.29, 0.717) is 6.04 Å². The van der Waals surface area contributed by atoms with Gasteiger partial charge in [-0.15, -0.1) is 11.3 Å². The van der Waals surface area contributed by atoms with Gasteiger partial charge >= 0.3 is 0 Å². The summed E-state index contributed by atoms with van der Waals surface area (Å²) in [4.78, 5) is 4.31. The molecule has 1 aromatic rings. The molecule has 1 aliphatic carbocycles. The van der Waals surface area contributed by atoms with E-state index in [2.05, 4.69) is 4.98 Å². The molecule has 90 valence electrons. The summed E-state index contributed by atoms with van der Waals surface area (Å²) in [6.07, 6.45) is 12.5. The summed E-state index contributed by atoms with van der Waals surface area (Å²) < 4.78 is 0. The number of aromatic nitrogens is 1. The van der Waals surface area contributed by atoms with Crippen LogP contribution in [0.15, 0.2) is 11.6 Å². The zero-order valence-corrected chi connectivity index (χ0v) is 10.7. The van der Waals surface area contributed by atoms with Crippen LogP contribution in [0.3, 0.4) is 0 Å². The second-order valence-electron chi connectivity index (χ2n) is 4.98. The first-order valence-corrected chi connectivity index (χ1v) is 7.36. The van der Waals surface area contributed by atoms with Crippen molar-refractivity contribution in [2.75, 3.05) is 0 Å². The number of hydrogen-bond donors (Lipinski definition) is 1. The minimum atomic E-state index is 0.314. The molecule has 0 bridgehead atoms. The summed E-state index contributed by atoms with van der Waals surface area (Å²) in [5.74, 6) is 0.873. The monoisotopic (exact) mass is 238 g/mol. The molecular weight excluding hydrogens is 216 g/mol. The molecule has 2 N–H and O–H groups in total. The van der Waals surface area contributed by atoms with E-state index in [1.807, 2.05) is 11.6 Å². The highest BCUT2D eigenvalue weighted by Gasteiger charge is 2.16. The lowest BCUT2D eigenvalue weighted by Crippen LogP contribution is -2.26. The predicted molar refractivity (Wildman–Crippen MR) is 69.6 cm³/mol. The van der Waals surface area contributed by atoms with Crippen LogP contribution in [-0.4, -0.2) is 11.0 Å². The van der Waals surface area contributed by atoms with Crippen molar-refractivity contribution in [3.05, 3.63) is 16.6 Å². The zero-order chi connectivity index (χ0) is 11.2. The summed E-state index contributed by atoms with van der Waals surface area (Å²) in [5.41, 5.74) is 6.21. The van der Waals surface area contributed by atoms with Crippen LogP contribution < -0.4 is 5.73 Å². The highest BCUT2D eigenvalue weighted by molar-refractivity contribution is 7.09. The third-order valence-electron chi connectivity index (χ3n) is 3.53. The molecule has 3 heteroatoms. The molecule has 2 nitrogen and oxygen atoms in total. The van der Waals surface area contributed by atoms with E-state index < -0.39 is 0 Å². The predicted octanol–water partition coefficient (Wildman–Crippen LogP) is 3.37.